The number of hydrogen-bond donors (Lipinski definition) is 2. The van der Waals surface area contributed by atoms with Crippen molar-refractivity contribution in [2.45, 2.75) is 19.9 Å². The second-order valence-corrected chi connectivity index (χ2v) is 4.21. The van der Waals surface area contributed by atoms with Crippen LogP contribution in [0.3, 0.4) is 0 Å². The molecule has 0 atom stereocenters. The maximum absolute atomic E-state index is 11.3. The van der Waals surface area contributed by atoms with Crippen LogP contribution < -0.4 is 10.6 Å². The van der Waals surface area contributed by atoms with Gasteiger partial charge in [0.15, 0.2) is 0 Å². The summed E-state index contributed by atoms with van der Waals surface area (Å²) < 4.78 is 0. The molecule has 0 aromatic carbocycles. The van der Waals surface area contributed by atoms with Crippen molar-refractivity contribution in [1.29, 1.82) is 0 Å². The van der Waals surface area contributed by atoms with Crippen LogP contribution in [0.1, 0.15) is 13.8 Å². The van der Waals surface area contributed by atoms with Crippen LogP contribution in [0.5, 0.6) is 0 Å². The van der Waals surface area contributed by atoms with Gasteiger partial charge in [0, 0.05) is 18.7 Å². The summed E-state index contributed by atoms with van der Waals surface area (Å²) in [6.45, 7) is 4.52. The third kappa shape index (κ3) is 5.26. The zero-order chi connectivity index (χ0) is 12.8. The van der Waals surface area contributed by atoms with Crippen molar-refractivity contribution in [2.24, 2.45) is 0 Å². The lowest BCUT2D eigenvalue weighted by Gasteiger charge is -2.23. The van der Waals surface area contributed by atoms with Crippen LogP contribution in [0.2, 0.25) is 0 Å². The summed E-state index contributed by atoms with van der Waals surface area (Å²) in [6.07, 6.45) is 3.06. The standard InChI is InChI=1S/C11H17N3O3/c1-8(2)12-9(15)4-3-5-14-6-10(16)13-11(17)7-14/h3-4,8H,5-7H2,1-2H3,(H,12,15)(H,13,16,17)/b4-3+. The van der Waals surface area contributed by atoms with Gasteiger partial charge in [-0.1, -0.05) is 6.08 Å². The highest BCUT2D eigenvalue weighted by atomic mass is 16.2. The van der Waals surface area contributed by atoms with Gasteiger partial charge in [0.25, 0.3) is 0 Å². The van der Waals surface area contributed by atoms with Gasteiger partial charge in [0.2, 0.25) is 17.7 Å². The van der Waals surface area contributed by atoms with E-state index in [1.165, 1.54) is 6.08 Å². The Labute approximate surface area is 100 Å². The van der Waals surface area contributed by atoms with Crippen LogP contribution in [0.25, 0.3) is 0 Å². The van der Waals surface area contributed by atoms with Crippen LogP contribution in [0.15, 0.2) is 12.2 Å². The molecule has 0 bridgehead atoms. The molecule has 0 radical (unpaired) electrons. The minimum Gasteiger partial charge on any atom is -0.350 e. The predicted octanol–water partition coefficient (Wildman–Crippen LogP) is -0.974. The number of piperazine rings is 1. The molecule has 1 saturated heterocycles. The molecule has 0 aliphatic carbocycles. The first-order valence-electron chi connectivity index (χ1n) is 5.49. The van der Waals surface area contributed by atoms with Gasteiger partial charge in [-0.3, -0.25) is 24.6 Å². The highest BCUT2D eigenvalue weighted by Gasteiger charge is 2.20. The molecule has 3 amide bonds. The average molecular weight is 239 g/mol. The topological polar surface area (TPSA) is 78.5 Å². The highest BCUT2D eigenvalue weighted by Crippen LogP contribution is 1.94. The fourth-order valence-corrected chi connectivity index (χ4v) is 1.47. The fraction of sp³-hybridized carbons (Fsp3) is 0.545. The van der Waals surface area contributed by atoms with Crippen LogP contribution in [0, 0.1) is 0 Å². The normalized spacial score (nSPS) is 17.6. The first-order chi connectivity index (χ1) is 7.97. The first kappa shape index (κ1) is 13.4. The van der Waals surface area contributed by atoms with E-state index in [0.717, 1.165) is 0 Å². The van der Waals surface area contributed by atoms with E-state index in [2.05, 4.69) is 10.6 Å². The molecule has 1 aliphatic heterocycles. The predicted molar refractivity (Wildman–Crippen MR) is 62.0 cm³/mol. The van der Waals surface area contributed by atoms with Gasteiger partial charge in [-0.2, -0.15) is 0 Å². The summed E-state index contributed by atoms with van der Waals surface area (Å²) >= 11 is 0. The summed E-state index contributed by atoms with van der Waals surface area (Å²) in [5.74, 6) is -0.782. The average Bonchev–Trinajstić information content (AvgIpc) is 2.14. The number of carbonyl (C=O) groups excluding carboxylic acids is 3. The third-order valence-corrected chi connectivity index (χ3v) is 2.08. The molecule has 6 heteroatoms. The van der Waals surface area contributed by atoms with Gasteiger partial charge in [-0.25, -0.2) is 0 Å². The molecule has 17 heavy (non-hydrogen) atoms. The highest BCUT2D eigenvalue weighted by molar-refractivity contribution is 5.99. The van der Waals surface area contributed by atoms with Crippen molar-refractivity contribution in [3.8, 4) is 0 Å². The molecule has 6 nitrogen and oxygen atoms in total. The fourth-order valence-electron chi connectivity index (χ4n) is 1.47. The lowest BCUT2D eigenvalue weighted by atomic mass is 10.3. The van der Waals surface area contributed by atoms with Gasteiger partial charge in [0.1, 0.15) is 0 Å². The van der Waals surface area contributed by atoms with Crippen LogP contribution in [0.4, 0.5) is 0 Å². The van der Waals surface area contributed by atoms with E-state index >= 15 is 0 Å². The maximum atomic E-state index is 11.3. The number of hydrogen-bond acceptors (Lipinski definition) is 4. The van der Waals surface area contributed by atoms with E-state index < -0.39 is 0 Å². The Morgan fingerprint density at radius 1 is 1.41 bits per heavy atom. The summed E-state index contributed by atoms with van der Waals surface area (Å²) in [6, 6.07) is 0.0921. The summed E-state index contributed by atoms with van der Waals surface area (Å²) in [5.41, 5.74) is 0. The molecule has 94 valence electrons. The number of nitrogens with zero attached hydrogens (tertiary/aromatic N) is 1. The summed E-state index contributed by atoms with van der Waals surface area (Å²) in [7, 11) is 0. The van der Waals surface area contributed by atoms with E-state index in [4.69, 9.17) is 0 Å². The molecule has 1 heterocycles. The Kier molecular flexibility index (Phi) is 4.84. The van der Waals surface area contributed by atoms with Gasteiger partial charge in [-0.05, 0) is 13.8 Å². The van der Waals surface area contributed by atoms with Gasteiger partial charge in [0.05, 0.1) is 13.1 Å². The molecule has 2 N–H and O–H groups in total. The van der Waals surface area contributed by atoms with Crippen molar-refractivity contribution in [3.05, 3.63) is 12.2 Å². The number of carbonyl (C=O) groups is 3. The Balaban J connectivity index is 2.34. The minimum absolute atomic E-state index is 0.0921. The molecule has 1 fully saturated rings. The van der Waals surface area contributed by atoms with Crippen LogP contribution in [-0.2, 0) is 14.4 Å². The molecule has 0 saturated carbocycles. The smallest absolute Gasteiger partial charge is 0.243 e. The van der Waals surface area contributed by atoms with E-state index in [1.54, 1.807) is 11.0 Å². The Morgan fingerprint density at radius 2 is 2.00 bits per heavy atom. The largest absolute Gasteiger partial charge is 0.350 e. The molecular formula is C11H17N3O3. The molecule has 1 aliphatic rings. The zero-order valence-electron chi connectivity index (χ0n) is 10.0. The van der Waals surface area contributed by atoms with E-state index in [-0.39, 0.29) is 36.9 Å². The zero-order valence-corrected chi connectivity index (χ0v) is 10.0. The molecule has 0 unspecified atom stereocenters. The van der Waals surface area contributed by atoms with E-state index in [1.807, 2.05) is 13.8 Å². The quantitative estimate of drug-likeness (QED) is 0.488. The number of rotatable bonds is 4. The van der Waals surface area contributed by atoms with Crippen molar-refractivity contribution in [2.75, 3.05) is 19.6 Å². The summed E-state index contributed by atoms with van der Waals surface area (Å²) in [5, 5.41) is 4.92. The number of imide groups is 1. The minimum atomic E-state index is -0.304. The third-order valence-electron chi connectivity index (χ3n) is 2.08. The SMILES string of the molecule is CC(C)NC(=O)/C=C/CN1CC(=O)NC(=O)C1. The molecule has 0 spiro atoms. The van der Waals surface area contributed by atoms with Crippen LogP contribution in [-0.4, -0.2) is 48.3 Å². The molecule has 0 aromatic heterocycles. The molecule has 0 aromatic rings. The van der Waals surface area contributed by atoms with Crippen molar-refractivity contribution < 1.29 is 14.4 Å². The lowest BCUT2D eigenvalue weighted by Crippen LogP contribution is -2.51. The number of amides is 3. The first-order valence-corrected chi connectivity index (χ1v) is 5.49. The monoisotopic (exact) mass is 239 g/mol. The maximum Gasteiger partial charge on any atom is 0.243 e. The summed E-state index contributed by atoms with van der Waals surface area (Å²) in [4.78, 5) is 35.0. The Hall–Kier alpha value is -1.69. The van der Waals surface area contributed by atoms with Crippen molar-refractivity contribution in [3.63, 3.8) is 0 Å². The molecule has 1 rings (SSSR count). The Morgan fingerprint density at radius 3 is 2.53 bits per heavy atom. The van der Waals surface area contributed by atoms with E-state index in [0.29, 0.717) is 6.54 Å². The molecular weight excluding hydrogens is 222 g/mol. The van der Waals surface area contributed by atoms with Gasteiger partial charge < -0.3 is 5.32 Å². The van der Waals surface area contributed by atoms with Gasteiger partial charge in [-0.15, -0.1) is 0 Å². The van der Waals surface area contributed by atoms with Crippen molar-refractivity contribution >= 4 is 17.7 Å². The van der Waals surface area contributed by atoms with Crippen LogP contribution >= 0.6 is 0 Å². The van der Waals surface area contributed by atoms with E-state index in [9.17, 15) is 14.4 Å². The Bertz CT molecular complexity index is 334. The number of nitrogens with one attached hydrogen (secondary N) is 2. The second-order valence-electron chi connectivity index (χ2n) is 4.21. The lowest BCUT2D eigenvalue weighted by molar-refractivity contribution is -0.135. The van der Waals surface area contributed by atoms with Crippen molar-refractivity contribution in [1.82, 2.24) is 15.5 Å². The second kappa shape index (κ2) is 6.15. The van der Waals surface area contributed by atoms with Gasteiger partial charge >= 0.3 is 0 Å².